The minimum Gasteiger partial charge on any atom is -0.399 e. The first-order valence-corrected chi connectivity index (χ1v) is 6.60. The Morgan fingerprint density at radius 3 is 2.59 bits per heavy atom. The van der Waals surface area contributed by atoms with Gasteiger partial charge in [0.1, 0.15) is 0 Å². The zero-order valence-corrected chi connectivity index (χ0v) is 12.2. The summed E-state index contributed by atoms with van der Waals surface area (Å²) in [5.74, 6) is 0. The minimum absolute atomic E-state index is 0.714. The highest BCUT2D eigenvalue weighted by Crippen LogP contribution is 2.28. The highest BCUT2D eigenvalue weighted by atomic mass is 127. The summed E-state index contributed by atoms with van der Waals surface area (Å²) in [7, 11) is 0. The number of hydrogen-bond donors (Lipinski definition) is 2. The van der Waals surface area contributed by atoms with Crippen LogP contribution in [0.5, 0.6) is 0 Å². The number of halogens is 2. The molecule has 0 bridgehead atoms. The van der Waals surface area contributed by atoms with Gasteiger partial charge in [0, 0.05) is 14.9 Å². The number of anilines is 3. The molecule has 4 heteroatoms. The fourth-order valence-electron chi connectivity index (χ4n) is 1.50. The molecule has 0 aromatic heterocycles. The molecule has 2 aromatic rings. The van der Waals surface area contributed by atoms with Crippen molar-refractivity contribution >= 4 is 51.3 Å². The van der Waals surface area contributed by atoms with E-state index >= 15 is 0 Å². The predicted octanol–water partition coefficient (Wildman–Crippen LogP) is 4.58. The van der Waals surface area contributed by atoms with Crippen LogP contribution < -0.4 is 11.1 Å². The number of nitrogen functional groups attached to an aromatic ring is 1. The SMILES string of the molecule is Cc1cc(Nc2ccc(I)cc2Cl)ccc1N. The van der Waals surface area contributed by atoms with Crippen LogP contribution in [0.15, 0.2) is 36.4 Å². The molecule has 0 amide bonds. The Balaban J connectivity index is 2.28. The molecule has 2 aromatic carbocycles. The van der Waals surface area contributed by atoms with Crippen molar-refractivity contribution in [3.63, 3.8) is 0 Å². The van der Waals surface area contributed by atoms with Crippen LogP contribution in [-0.4, -0.2) is 0 Å². The van der Waals surface area contributed by atoms with Gasteiger partial charge >= 0.3 is 0 Å². The lowest BCUT2D eigenvalue weighted by atomic mass is 10.2. The first-order valence-electron chi connectivity index (χ1n) is 5.14. The first kappa shape index (κ1) is 12.5. The van der Waals surface area contributed by atoms with Gasteiger partial charge in [-0.3, -0.25) is 0 Å². The van der Waals surface area contributed by atoms with Crippen LogP contribution in [0.2, 0.25) is 5.02 Å². The summed E-state index contributed by atoms with van der Waals surface area (Å²) < 4.78 is 1.12. The maximum absolute atomic E-state index is 6.16. The van der Waals surface area contributed by atoms with Gasteiger partial charge in [-0.25, -0.2) is 0 Å². The summed E-state index contributed by atoms with van der Waals surface area (Å²) in [6, 6.07) is 11.7. The molecule has 0 saturated heterocycles. The normalized spacial score (nSPS) is 10.3. The summed E-state index contributed by atoms with van der Waals surface area (Å²) in [5, 5.41) is 3.99. The maximum atomic E-state index is 6.16. The van der Waals surface area contributed by atoms with E-state index in [0.717, 1.165) is 26.2 Å². The molecule has 0 saturated carbocycles. The van der Waals surface area contributed by atoms with Crippen LogP contribution in [0.25, 0.3) is 0 Å². The van der Waals surface area contributed by atoms with Crippen LogP contribution >= 0.6 is 34.2 Å². The summed E-state index contributed by atoms with van der Waals surface area (Å²) >= 11 is 8.39. The van der Waals surface area contributed by atoms with Gasteiger partial charge in [0.25, 0.3) is 0 Å². The van der Waals surface area contributed by atoms with E-state index in [1.807, 2.05) is 43.3 Å². The van der Waals surface area contributed by atoms with Gasteiger partial charge < -0.3 is 11.1 Å². The third-order valence-electron chi connectivity index (χ3n) is 2.48. The molecule has 0 heterocycles. The number of benzene rings is 2. The molecule has 17 heavy (non-hydrogen) atoms. The standard InChI is InChI=1S/C13H12ClIN2/c1-8-6-10(3-4-12(8)16)17-13-5-2-9(15)7-11(13)14/h2-7,17H,16H2,1H3. The molecule has 0 aliphatic heterocycles. The molecule has 0 atom stereocenters. The molecule has 0 unspecified atom stereocenters. The van der Waals surface area contributed by atoms with Crippen molar-refractivity contribution in [1.29, 1.82) is 0 Å². The second-order valence-electron chi connectivity index (χ2n) is 3.82. The lowest BCUT2D eigenvalue weighted by Gasteiger charge is -2.10. The Morgan fingerprint density at radius 2 is 1.94 bits per heavy atom. The molecule has 2 nitrogen and oxygen atoms in total. The number of hydrogen-bond acceptors (Lipinski definition) is 2. The van der Waals surface area contributed by atoms with E-state index in [1.165, 1.54) is 0 Å². The lowest BCUT2D eigenvalue weighted by molar-refractivity contribution is 1.45. The van der Waals surface area contributed by atoms with Crippen molar-refractivity contribution < 1.29 is 0 Å². The largest absolute Gasteiger partial charge is 0.399 e. The molecule has 0 spiro atoms. The average molecular weight is 359 g/mol. The molecule has 2 rings (SSSR count). The topological polar surface area (TPSA) is 38.0 Å². The quantitative estimate of drug-likeness (QED) is 0.609. The first-order chi connectivity index (χ1) is 8.06. The third-order valence-corrected chi connectivity index (χ3v) is 3.46. The summed E-state index contributed by atoms with van der Waals surface area (Å²) in [6.07, 6.45) is 0. The Morgan fingerprint density at radius 1 is 1.18 bits per heavy atom. The van der Waals surface area contributed by atoms with Crippen molar-refractivity contribution in [1.82, 2.24) is 0 Å². The molecular weight excluding hydrogens is 347 g/mol. The van der Waals surface area contributed by atoms with Crippen LogP contribution in [-0.2, 0) is 0 Å². The van der Waals surface area contributed by atoms with E-state index in [1.54, 1.807) is 0 Å². The number of rotatable bonds is 2. The maximum Gasteiger partial charge on any atom is 0.0651 e. The van der Waals surface area contributed by atoms with Gasteiger partial charge in [0.05, 0.1) is 10.7 Å². The van der Waals surface area contributed by atoms with E-state index in [4.69, 9.17) is 17.3 Å². The molecular formula is C13H12ClIN2. The highest BCUT2D eigenvalue weighted by molar-refractivity contribution is 14.1. The fourth-order valence-corrected chi connectivity index (χ4v) is 2.40. The molecule has 88 valence electrons. The summed E-state index contributed by atoms with van der Waals surface area (Å²) in [4.78, 5) is 0. The van der Waals surface area contributed by atoms with E-state index in [-0.39, 0.29) is 0 Å². The van der Waals surface area contributed by atoms with Gasteiger partial charge in [-0.05, 0) is 71.5 Å². The predicted molar refractivity (Wildman–Crippen MR) is 83.0 cm³/mol. The van der Waals surface area contributed by atoms with Gasteiger partial charge in [0.2, 0.25) is 0 Å². The minimum atomic E-state index is 0.714. The Bertz CT molecular complexity index is 555. The van der Waals surface area contributed by atoms with Gasteiger partial charge in [-0.1, -0.05) is 11.6 Å². The molecule has 0 radical (unpaired) electrons. The van der Waals surface area contributed by atoms with Crippen LogP contribution in [0.3, 0.4) is 0 Å². The molecule has 0 fully saturated rings. The summed E-state index contributed by atoms with van der Waals surface area (Å²) in [5.41, 5.74) is 9.51. The van der Waals surface area contributed by atoms with E-state index in [0.29, 0.717) is 5.02 Å². The average Bonchev–Trinajstić information content (AvgIpc) is 2.27. The van der Waals surface area contributed by atoms with E-state index in [2.05, 4.69) is 27.9 Å². The molecule has 0 aliphatic carbocycles. The van der Waals surface area contributed by atoms with Crippen LogP contribution in [0.1, 0.15) is 5.56 Å². The van der Waals surface area contributed by atoms with Gasteiger partial charge in [-0.15, -0.1) is 0 Å². The third kappa shape index (κ3) is 3.04. The number of aryl methyl sites for hydroxylation is 1. The Kier molecular flexibility index (Phi) is 3.79. The van der Waals surface area contributed by atoms with Crippen LogP contribution in [0, 0.1) is 10.5 Å². The van der Waals surface area contributed by atoms with Gasteiger partial charge in [-0.2, -0.15) is 0 Å². The second kappa shape index (κ2) is 5.14. The van der Waals surface area contributed by atoms with Crippen molar-refractivity contribution in [2.75, 3.05) is 11.1 Å². The highest BCUT2D eigenvalue weighted by Gasteiger charge is 2.02. The molecule has 3 N–H and O–H groups in total. The zero-order chi connectivity index (χ0) is 12.4. The number of nitrogens with one attached hydrogen (secondary N) is 1. The van der Waals surface area contributed by atoms with Crippen molar-refractivity contribution in [3.05, 3.63) is 50.6 Å². The monoisotopic (exact) mass is 358 g/mol. The summed E-state index contributed by atoms with van der Waals surface area (Å²) in [6.45, 7) is 1.98. The van der Waals surface area contributed by atoms with Crippen molar-refractivity contribution in [2.24, 2.45) is 0 Å². The second-order valence-corrected chi connectivity index (χ2v) is 5.47. The molecule has 0 aliphatic rings. The Hall–Kier alpha value is -0.940. The number of nitrogens with two attached hydrogens (primary N) is 1. The van der Waals surface area contributed by atoms with Crippen molar-refractivity contribution in [3.8, 4) is 0 Å². The smallest absolute Gasteiger partial charge is 0.0651 e. The van der Waals surface area contributed by atoms with E-state index < -0.39 is 0 Å². The Labute approximate surface area is 119 Å². The van der Waals surface area contributed by atoms with Crippen LogP contribution in [0.4, 0.5) is 17.1 Å². The van der Waals surface area contributed by atoms with Crippen molar-refractivity contribution in [2.45, 2.75) is 6.92 Å². The van der Waals surface area contributed by atoms with Gasteiger partial charge in [0.15, 0.2) is 0 Å². The van der Waals surface area contributed by atoms with E-state index in [9.17, 15) is 0 Å². The zero-order valence-electron chi connectivity index (χ0n) is 9.30. The lowest BCUT2D eigenvalue weighted by Crippen LogP contribution is -1.94. The fraction of sp³-hybridized carbons (Fsp3) is 0.0769.